The first kappa shape index (κ1) is 13.1. The number of benzene rings is 1. The second-order valence-corrected chi connectivity index (χ2v) is 6.78. The quantitative estimate of drug-likeness (QED) is 0.855. The fourth-order valence-electron chi connectivity index (χ4n) is 4.26. The van der Waals surface area contributed by atoms with Crippen molar-refractivity contribution in [3.05, 3.63) is 28.8 Å². The minimum absolute atomic E-state index is 0.0605. The minimum Gasteiger partial charge on any atom is -0.462 e. The molecule has 5 heteroatoms. The first-order chi connectivity index (χ1) is 10.0. The van der Waals surface area contributed by atoms with Crippen molar-refractivity contribution in [2.45, 2.75) is 25.9 Å². The molecule has 3 fully saturated rings. The van der Waals surface area contributed by atoms with Gasteiger partial charge in [0, 0.05) is 16.6 Å². The third kappa shape index (κ3) is 1.89. The topological polar surface area (TPSA) is 55.4 Å². The van der Waals surface area contributed by atoms with E-state index in [1.807, 2.05) is 19.1 Å². The van der Waals surface area contributed by atoms with E-state index in [2.05, 4.69) is 5.32 Å². The number of rotatable bonds is 2. The largest absolute Gasteiger partial charge is 0.462 e. The van der Waals surface area contributed by atoms with Crippen LogP contribution >= 0.6 is 11.6 Å². The monoisotopic (exact) mass is 305 g/mol. The molecular weight excluding hydrogens is 290 g/mol. The van der Waals surface area contributed by atoms with Crippen LogP contribution < -0.4 is 5.32 Å². The van der Waals surface area contributed by atoms with Gasteiger partial charge in [0.05, 0.1) is 11.8 Å². The summed E-state index contributed by atoms with van der Waals surface area (Å²) in [7, 11) is 0. The molecule has 1 aromatic rings. The van der Waals surface area contributed by atoms with Crippen molar-refractivity contribution in [1.82, 2.24) is 0 Å². The molecule has 110 valence electrons. The van der Waals surface area contributed by atoms with Gasteiger partial charge < -0.3 is 10.1 Å². The lowest BCUT2D eigenvalue weighted by Crippen LogP contribution is -2.35. The van der Waals surface area contributed by atoms with Crippen molar-refractivity contribution in [3.63, 3.8) is 0 Å². The summed E-state index contributed by atoms with van der Waals surface area (Å²) in [4.78, 5) is 24.5. The van der Waals surface area contributed by atoms with Crippen LogP contribution in [0.1, 0.15) is 18.4 Å². The highest BCUT2D eigenvalue weighted by Crippen LogP contribution is 2.57. The first-order valence-corrected chi connectivity index (χ1v) is 7.70. The van der Waals surface area contributed by atoms with Crippen molar-refractivity contribution < 1.29 is 14.3 Å². The highest BCUT2D eigenvalue weighted by molar-refractivity contribution is 6.31. The van der Waals surface area contributed by atoms with Crippen LogP contribution in [0.5, 0.6) is 0 Å². The molecule has 0 unspecified atom stereocenters. The number of aryl methyl sites for hydroxylation is 1. The number of nitrogens with one attached hydrogen (secondary N) is 1. The number of ether oxygens (including phenoxy) is 1. The van der Waals surface area contributed by atoms with E-state index in [-0.39, 0.29) is 41.7 Å². The summed E-state index contributed by atoms with van der Waals surface area (Å²) in [6, 6.07) is 5.46. The molecule has 1 N–H and O–H groups in total. The Morgan fingerprint density at radius 1 is 1.38 bits per heavy atom. The number of carbonyl (C=O) groups excluding carboxylic acids is 2. The highest BCUT2D eigenvalue weighted by Gasteiger charge is 2.63. The maximum absolute atomic E-state index is 12.6. The van der Waals surface area contributed by atoms with E-state index < -0.39 is 0 Å². The van der Waals surface area contributed by atoms with E-state index >= 15 is 0 Å². The summed E-state index contributed by atoms with van der Waals surface area (Å²) in [6.45, 7) is 1.92. The lowest BCUT2D eigenvalue weighted by molar-refractivity contribution is -0.145. The summed E-state index contributed by atoms with van der Waals surface area (Å²) in [5.74, 6) is -0.231. The summed E-state index contributed by atoms with van der Waals surface area (Å²) in [5.41, 5.74) is 1.65. The van der Waals surface area contributed by atoms with Crippen molar-refractivity contribution in [3.8, 4) is 0 Å². The Bertz CT molecular complexity index is 642. The molecule has 1 heterocycles. The van der Waals surface area contributed by atoms with Gasteiger partial charge in [-0.05, 0) is 43.4 Å². The van der Waals surface area contributed by atoms with Crippen LogP contribution in [0, 0.1) is 30.6 Å². The van der Waals surface area contributed by atoms with E-state index in [9.17, 15) is 9.59 Å². The van der Waals surface area contributed by atoms with Gasteiger partial charge in [0.2, 0.25) is 5.91 Å². The Balaban J connectivity index is 1.55. The molecule has 0 radical (unpaired) electrons. The van der Waals surface area contributed by atoms with E-state index in [0.29, 0.717) is 10.7 Å². The fraction of sp³-hybridized carbons (Fsp3) is 0.500. The molecular formula is C16H16ClNO3. The predicted octanol–water partition coefficient (Wildman–Crippen LogP) is 2.78. The summed E-state index contributed by atoms with van der Waals surface area (Å²) in [6.07, 6.45) is 1.83. The molecule has 4 rings (SSSR count). The molecule has 1 saturated heterocycles. The van der Waals surface area contributed by atoms with Gasteiger partial charge >= 0.3 is 5.97 Å². The SMILES string of the molecule is Cc1ccc(NC(=O)[C@H]2[C@@H]3C[C@H]4[C@H]2C(=O)O[C@H]4C3)cc1Cl. The van der Waals surface area contributed by atoms with Crippen LogP contribution in [-0.4, -0.2) is 18.0 Å². The van der Waals surface area contributed by atoms with Crippen molar-refractivity contribution in [2.24, 2.45) is 23.7 Å². The van der Waals surface area contributed by atoms with Gasteiger partial charge in [-0.2, -0.15) is 0 Å². The molecule has 5 atom stereocenters. The number of amides is 1. The van der Waals surface area contributed by atoms with Gasteiger partial charge in [0.15, 0.2) is 0 Å². The van der Waals surface area contributed by atoms with Crippen LogP contribution in [0.2, 0.25) is 5.02 Å². The third-order valence-electron chi connectivity index (χ3n) is 5.23. The van der Waals surface area contributed by atoms with Gasteiger partial charge in [-0.1, -0.05) is 17.7 Å². The molecule has 1 amide bonds. The zero-order chi connectivity index (χ0) is 14.7. The maximum Gasteiger partial charge on any atom is 0.310 e. The summed E-state index contributed by atoms with van der Waals surface area (Å²) >= 11 is 6.08. The van der Waals surface area contributed by atoms with E-state index in [0.717, 1.165) is 18.4 Å². The Morgan fingerprint density at radius 2 is 2.19 bits per heavy atom. The third-order valence-corrected chi connectivity index (χ3v) is 5.63. The second kappa shape index (κ2) is 4.47. The Labute approximate surface area is 127 Å². The summed E-state index contributed by atoms with van der Waals surface area (Å²) < 4.78 is 5.36. The number of hydrogen-bond donors (Lipinski definition) is 1. The van der Waals surface area contributed by atoms with Crippen molar-refractivity contribution in [1.29, 1.82) is 0 Å². The molecule has 0 aromatic heterocycles. The predicted molar refractivity (Wildman–Crippen MR) is 77.9 cm³/mol. The van der Waals surface area contributed by atoms with E-state index in [1.54, 1.807) is 6.07 Å². The number of hydrogen-bond acceptors (Lipinski definition) is 3. The molecule has 0 spiro atoms. The van der Waals surface area contributed by atoms with Gasteiger partial charge in [-0.15, -0.1) is 0 Å². The average molecular weight is 306 g/mol. The van der Waals surface area contributed by atoms with Crippen LogP contribution in [0.4, 0.5) is 5.69 Å². The van der Waals surface area contributed by atoms with Crippen LogP contribution in [0.25, 0.3) is 0 Å². The number of halogens is 1. The minimum atomic E-state index is -0.249. The van der Waals surface area contributed by atoms with Gasteiger partial charge in [-0.3, -0.25) is 9.59 Å². The molecule has 3 aliphatic rings. The maximum atomic E-state index is 12.6. The first-order valence-electron chi connectivity index (χ1n) is 7.32. The molecule has 21 heavy (non-hydrogen) atoms. The van der Waals surface area contributed by atoms with E-state index in [1.165, 1.54) is 0 Å². The fourth-order valence-corrected chi connectivity index (χ4v) is 4.44. The Kier molecular flexibility index (Phi) is 2.80. The molecule has 1 aliphatic heterocycles. The van der Waals surface area contributed by atoms with E-state index in [4.69, 9.17) is 16.3 Å². The lowest BCUT2D eigenvalue weighted by atomic mass is 9.79. The zero-order valence-electron chi connectivity index (χ0n) is 11.6. The normalized spacial score (nSPS) is 35.9. The Morgan fingerprint density at radius 3 is 2.95 bits per heavy atom. The van der Waals surface area contributed by atoms with Gasteiger partial charge in [-0.25, -0.2) is 0 Å². The smallest absolute Gasteiger partial charge is 0.310 e. The number of esters is 1. The van der Waals surface area contributed by atoms with Crippen LogP contribution in [0.15, 0.2) is 18.2 Å². The van der Waals surface area contributed by atoms with Gasteiger partial charge in [0.25, 0.3) is 0 Å². The summed E-state index contributed by atoms with van der Waals surface area (Å²) in [5, 5.41) is 3.53. The second-order valence-electron chi connectivity index (χ2n) is 6.38. The standard InChI is InChI=1S/C16H16ClNO3/c1-7-2-3-9(6-11(7)17)18-15(19)13-8-4-10-12(5-8)21-16(20)14(10)13/h2-3,6,8,10,12-14H,4-5H2,1H3,(H,18,19)/t8-,10-,12+,13+,14-/m1/s1. The molecule has 2 saturated carbocycles. The lowest BCUT2D eigenvalue weighted by Gasteiger charge is -2.23. The Hall–Kier alpha value is -1.55. The zero-order valence-corrected chi connectivity index (χ0v) is 12.4. The van der Waals surface area contributed by atoms with Crippen molar-refractivity contribution in [2.75, 3.05) is 5.32 Å². The molecule has 1 aromatic carbocycles. The van der Waals surface area contributed by atoms with Crippen LogP contribution in [-0.2, 0) is 14.3 Å². The van der Waals surface area contributed by atoms with Crippen molar-refractivity contribution >= 4 is 29.2 Å². The molecule has 4 nitrogen and oxygen atoms in total. The number of carbonyl (C=O) groups is 2. The highest BCUT2D eigenvalue weighted by atomic mass is 35.5. The number of fused-ring (bicyclic) bond motifs is 1. The average Bonchev–Trinajstić information content (AvgIpc) is 3.04. The number of anilines is 1. The van der Waals surface area contributed by atoms with Gasteiger partial charge in [0.1, 0.15) is 6.10 Å². The van der Waals surface area contributed by atoms with Crippen LogP contribution in [0.3, 0.4) is 0 Å². The molecule has 2 bridgehead atoms. The molecule has 2 aliphatic carbocycles.